The lowest BCUT2D eigenvalue weighted by Gasteiger charge is -2.41. The number of halogens is 2. The van der Waals surface area contributed by atoms with E-state index in [1.54, 1.807) is 18.2 Å². The number of fused-ring (bicyclic) bond motifs is 1. The molecule has 37 heavy (non-hydrogen) atoms. The normalized spacial score (nSPS) is 19.0. The van der Waals surface area contributed by atoms with Crippen LogP contribution in [0.2, 0.25) is 10.0 Å². The van der Waals surface area contributed by atoms with Crippen LogP contribution in [0, 0.1) is 11.8 Å². The number of carbonyl (C=O) groups excluding carboxylic acids is 1. The van der Waals surface area contributed by atoms with Crippen LogP contribution in [0.5, 0.6) is 0 Å². The van der Waals surface area contributed by atoms with Crippen molar-refractivity contribution in [1.82, 2.24) is 14.7 Å². The molecule has 1 atom stereocenters. The van der Waals surface area contributed by atoms with Crippen molar-refractivity contribution >= 4 is 39.9 Å². The molecule has 0 bridgehead atoms. The van der Waals surface area contributed by atoms with Crippen LogP contribution in [0.3, 0.4) is 0 Å². The van der Waals surface area contributed by atoms with Crippen LogP contribution in [-0.4, -0.2) is 85.7 Å². The lowest BCUT2D eigenvalue weighted by molar-refractivity contribution is 0.0441. The summed E-state index contributed by atoms with van der Waals surface area (Å²) in [5.74, 6) is 6.65. The third-order valence-corrected chi connectivity index (χ3v) is 7.49. The van der Waals surface area contributed by atoms with Gasteiger partial charge in [0.2, 0.25) is 0 Å². The summed E-state index contributed by atoms with van der Waals surface area (Å²) in [5.41, 5.74) is 1.74. The van der Waals surface area contributed by atoms with Crippen LogP contribution < -0.4 is 0 Å². The van der Waals surface area contributed by atoms with Gasteiger partial charge in [0.25, 0.3) is 5.91 Å². The molecule has 2 fully saturated rings. The predicted octanol–water partition coefficient (Wildman–Crippen LogP) is 4.85. The maximum atomic E-state index is 13.6. The van der Waals surface area contributed by atoms with Crippen molar-refractivity contribution in [2.24, 2.45) is 0 Å². The maximum Gasteiger partial charge on any atom is 0.254 e. The Labute approximate surface area is 228 Å². The van der Waals surface area contributed by atoms with Gasteiger partial charge in [-0.25, -0.2) is 0 Å². The number of hydrogen-bond acceptors (Lipinski definition) is 4. The number of piperazine rings is 1. The van der Waals surface area contributed by atoms with Gasteiger partial charge in [-0.3, -0.25) is 14.6 Å². The summed E-state index contributed by atoms with van der Waals surface area (Å²) in [7, 11) is 0. The molecule has 1 amide bonds. The molecule has 0 unspecified atom stereocenters. The van der Waals surface area contributed by atoms with Crippen LogP contribution >= 0.6 is 23.2 Å². The van der Waals surface area contributed by atoms with E-state index in [-0.39, 0.29) is 11.9 Å². The Balaban J connectivity index is 1.32. The predicted molar refractivity (Wildman–Crippen MR) is 150 cm³/mol. The van der Waals surface area contributed by atoms with Gasteiger partial charge in [0, 0.05) is 54.4 Å². The SMILES string of the molecule is O=C(c1cc(Cl)cc(Cl)c1)N1CCN(CC#CCN2CCOCC2)C[C@H]1Cc1ccc2ccccc2c1. The Hall–Kier alpha value is -2.59. The largest absolute Gasteiger partial charge is 0.379 e. The summed E-state index contributed by atoms with van der Waals surface area (Å²) in [6.07, 6.45) is 0.766. The highest BCUT2D eigenvalue weighted by atomic mass is 35.5. The Bertz CT molecular complexity index is 1290. The Morgan fingerprint density at radius 1 is 0.838 bits per heavy atom. The zero-order chi connectivity index (χ0) is 25.6. The van der Waals surface area contributed by atoms with Crippen LogP contribution in [0.25, 0.3) is 10.8 Å². The molecule has 192 valence electrons. The number of amides is 1. The van der Waals surface area contributed by atoms with Crippen LogP contribution in [0.1, 0.15) is 15.9 Å². The third kappa shape index (κ3) is 6.84. The first kappa shape index (κ1) is 26.0. The molecule has 7 heteroatoms. The quantitative estimate of drug-likeness (QED) is 0.437. The number of morpholine rings is 1. The molecular weight excluding hydrogens is 505 g/mol. The highest BCUT2D eigenvalue weighted by Gasteiger charge is 2.31. The van der Waals surface area contributed by atoms with Gasteiger partial charge in [0.1, 0.15) is 0 Å². The molecule has 3 aromatic rings. The second-order valence-corrected chi connectivity index (χ2v) is 10.5. The number of hydrogen-bond donors (Lipinski definition) is 0. The monoisotopic (exact) mass is 535 g/mol. The van der Waals surface area contributed by atoms with Crippen molar-refractivity contribution in [3.8, 4) is 11.8 Å². The highest BCUT2D eigenvalue weighted by Crippen LogP contribution is 2.24. The summed E-state index contributed by atoms with van der Waals surface area (Å²) in [4.78, 5) is 20.3. The van der Waals surface area contributed by atoms with E-state index < -0.39 is 0 Å². The van der Waals surface area contributed by atoms with Gasteiger partial charge in [-0.15, -0.1) is 0 Å². The molecule has 0 spiro atoms. The summed E-state index contributed by atoms with van der Waals surface area (Å²) in [6, 6.07) is 20.0. The Kier molecular flexibility index (Phi) is 8.66. The lowest BCUT2D eigenvalue weighted by Crippen LogP contribution is -2.56. The first-order chi connectivity index (χ1) is 18.0. The van der Waals surface area contributed by atoms with E-state index in [1.807, 2.05) is 4.90 Å². The molecule has 3 aromatic carbocycles. The minimum Gasteiger partial charge on any atom is -0.379 e. The first-order valence-electron chi connectivity index (χ1n) is 12.8. The Morgan fingerprint density at radius 3 is 2.30 bits per heavy atom. The van der Waals surface area contributed by atoms with Gasteiger partial charge in [0.05, 0.1) is 26.3 Å². The maximum absolute atomic E-state index is 13.6. The average molecular weight is 537 g/mol. The zero-order valence-corrected chi connectivity index (χ0v) is 22.3. The van der Waals surface area contributed by atoms with Gasteiger partial charge in [-0.05, 0) is 41.0 Å². The molecular formula is C30H31Cl2N3O2. The molecule has 0 aliphatic carbocycles. The number of carbonyl (C=O) groups is 1. The van der Waals surface area contributed by atoms with E-state index in [9.17, 15) is 4.79 Å². The summed E-state index contributed by atoms with van der Waals surface area (Å²) in [5, 5.41) is 3.36. The third-order valence-electron chi connectivity index (χ3n) is 7.06. The lowest BCUT2D eigenvalue weighted by atomic mass is 9.98. The van der Waals surface area contributed by atoms with E-state index in [0.29, 0.717) is 28.7 Å². The number of rotatable bonds is 5. The van der Waals surface area contributed by atoms with E-state index in [4.69, 9.17) is 27.9 Å². The smallest absolute Gasteiger partial charge is 0.254 e. The minimum atomic E-state index is -0.0340. The summed E-state index contributed by atoms with van der Waals surface area (Å²) >= 11 is 12.4. The fourth-order valence-corrected chi connectivity index (χ4v) is 5.61. The van der Waals surface area contributed by atoms with E-state index in [1.165, 1.54) is 16.3 Å². The van der Waals surface area contributed by atoms with Crippen LogP contribution in [0.4, 0.5) is 0 Å². The number of benzene rings is 3. The van der Waals surface area contributed by atoms with Crippen molar-refractivity contribution < 1.29 is 9.53 Å². The molecule has 0 N–H and O–H groups in total. The molecule has 2 heterocycles. The topological polar surface area (TPSA) is 36.0 Å². The van der Waals surface area contributed by atoms with Crippen LogP contribution in [-0.2, 0) is 11.2 Å². The van der Waals surface area contributed by atoms with Crippen molar-refractivity contribution in [1.29, 1.82) is 0 Å². The van der Waals surface area contributed by atoms with Crippen molar-refractivity contribution in [2.75, 3.05) is 59.0 Å². The van der Waals surface area contributed by atoms with Crippen LogP contribution in [0.15, 0.2) is 60.7 Å². The zero-order valence-electron chi connectivity index (χ0n) is 20.8. The minimum absolute atomic E-state index is 0.0150. The Morgan fingerprint density at radius 2 is 1.54 bits per heavy atom. The molecule has 2 aliphatic heterocycles. The molecule has 2 aliphatic rings. The van der Waals surface area contributed by atoms with Gasteiger partial charge in [-0.1, -0.05) is 77.5 Å². The fraction of sp³-hybridized carbons (Fsp3) is 0.367. The molecule has 5 nitrogen and oxygen atoms in total. The van der Waals surface area contributed by atoms with E-state index in [0.717, 1.165) is 52.4 Å². The summed E-state index contributed by atoms with van der Waals surface area (Å²) in [6.45, 7) is 7.10. The highest BCUT2D eigenvalue weighted by molar-refractivity contribution is 6.35. The van der Waals surface area contributed by atoms with Crippen molar-refractivity contribution in [2.45, 2.75) is 12.5 Å². The van der Waals surface area contributed by atoms with E-state index in [2.05, 4.69) is 64.1 Å². The number of ether oxygens (including phenoxy) is 1. The second-order valence-electron chi connectivity index (χ2n) is 9.67. The standard InChI is InChI=1S/C30H31Cl2N3O2/c31-27-19-26(20-28(32)21-27)30(36)35-12-11-34(10-4-3-9-33-13-15-37-16-14-33)22-29(35)18-23-7-8-24-5-1-2-6-25(24)17-23/h1-2,5-8,17,19-21,29H,9-16,18,22H2/t29-/m1/s1. The number of nitrogens with zero attached hydrogens (tertiary/aromatic N) is 3. The first-order valence-corrected chi connectivity index (χ1v) is 13.5. The molecule has 0 saturated carbocycles. The van der Waals surface area contributed by atoms with Crippen molar-refractivity contribution in [3.63, 3.8) is 0 Å². The average Bonchev–Trinajstić information content (AvgIpc) is 2.91. The molecule has 5 rings (SSSR count). The molecule has 0 radical (unpaired) electrons. The summed E-state index contributed by atoms with van der Waals surface area (Å²) < 4.78 is 5.41. The second kappa shape index (κ2) is 12.3. The van der Waals surface area contributed by atoms with E-state index >= 15 is 0 Å². The van der Waals surface area contributed by atoms with Gasteiger partial charge >= 0.3 is 0 Å². The van der Waals surface area contributed by atoms with Gasteiger partial charge < -0.3 is 9.64 Å². The van der Waals surface area contributed by atoms with Crippen molar-refractivity contribution in [3.05, 3.63) is 81.8 Å². The van der Waals surface area contributed by atoms with Gasteiger partial charge in [0.15, 0.2) is 0 Å². The molecule has 0 aromatic heterocycles. The molecule has 2 saturated heterocycles. The van der Waals surface area contributed by atoms with Gasteiger partial charge in [-0.2, -0.15) is 0 Å². The fourth-order valence-electron chi connectivity index (χ4n) is 5.08.